The zero-order valence-electron chi connectivity index (χ0n) is 20.5. The van der Waals surface area contributed by atoms with Crippen LogP contribution in [0.2, 0.25) is 0 Å². The number of aliphatic hydroxyl groups is 1. The molecule has 1 N–H and O–H groups in total. The molecular weight excluding hydrogens is 436 g/mol. The first-order valence-electron chi connectivity index (χ1n) is 11.5. The third-order valence-corrected chi connectivity index (χ3v) is 7.79. The lowest BCUT2D eigenvalue weighted by molar-refractivity contribution is 0.0770. The number of hydrogen-bond donors (Lipinski definition) is 1. The molecule has 0 aliphatic carbocycles. The topological polar surface area (TPSA) is 88.3 Å². The smallest absolute Gasteiger partial charge is 0.226 e. The van der Waals surface area contributed by atoms with E-state index in [0.29, 0.717) is 30.4 Å². The SMILES string of the molecule is CCc1cc2cc3n(c2cc1S(C)(=O)=O)CCN(c1ncc(C(C)(C)O)c(C)n1)C3C(C)C. The van der Waals surface area contributed by atoms with Crippen LogP contribution in [0, 0.1) is 12.8 Å². The number of aryl methyl sites for hydroxylation is 2. The van der Waals surface area contributed by atoms with E-state index in [4.69, 9.17) is 4.98 Å². The minimum atomic E-state index is -3.31. The molecule has 1 atom stereocenters. The molecular formula is C25H34N4O3S. The predicted molar refractivity (Wildman–Crippen MR) is 131 cm³/mol. The number of sulfone groups is 1. The maximum Gasteiger partial charge on any atom is 0.226 e. The molecule has 3 aromatic rings. The van der Waals surface area contributed by atoms with Crippen LogP contribution in [0.25, 0.3) is 10.9 Å². The molecule has 0 fully saturated rings. The number of aromatic nitrogens is 3. The highest BCUT2D eigenvalue weighted by Crippen LogP contribution is 2.39. The fourth-order valence-corrected chi connectivity index (χ4v) is 6.11. The van der Waals surface area contributed by atoms with Crippen molar-refractivity contribution in [3.63, 3.8) is 0 Å². The molecule has 4 rings (SSSR count). The summed E-state index contributed by atoms with van der Waals surface area (Å²) in [4.78, 5) is 12.0. The molecule has 33 heavy (non-hydrogen) atoms. The predicted octanol–water partition coefficient (Wildman–Crippen LogP) is 4.15. The molecule has 0 saturated heterocycles. The van der Waals surface area contributed by atoms with Crippen LogP contribution in [0.5, 0.6) is 0 Å². The molecule has 178 valence electrons. The molecule has 1 aliphatic rings. The first-order chi connectivity index (χ1) is 15.3. The van der Waals surface area contributed by atoms with Crippen LogP contribution in [0.3, 0.4) is 0 Å². The van der Waals surface area contributed by atoms with Crippen molar-refractivity contribution in [2.45, 2.75) is 71.0 Å². The molecule has 0 saturated carbocycles. The van der Waals surface area contributed by atoms with Crippen molar-refractivity contribution in [1.29, 1.82) is 0 Å². The van der Waals surface area contributed by atoms with Gasteiger partial charge in [0.2, 0.25) is 5.95 Å². The van der Waals surface area contributed by atoms with Gasteiger partial charge in [0.15, 0.2) is 9.84 Å². The highest BCUT2D eigenvalue weighted by atomic mass is 32.2. The van der Waals surface area contributed by atoms with Crippen LogP contribution in [0.4, 0.5) is 5.95 Å². The summed E-state index contributed by atoms with van der Waals surface area (Å²) in [7, 11) is -3.31. The molecule has 2 aromatic heterocycles. The van der Waals surface area contributed by atoms with Gasteiger partial charge in [0, 0.05) is 53.4 Å². The van der Waals surface area contributed by atoms with Crippen molar-refractivity contribution in [2.75, 3.05) is 17.7 Å². The van der Waals surface area contributed by atoms with E-state index in [0.717, 1.165) is 33.4 Å². The summed E-state index contributed by atoms with van der Waals surface area (Å²) in [5, 5.41) is 11.5. The third-order valence-electron chi connectivity index (χ3n) is 6.61. The molecule has 0 spiro atoms. The van der Waals surface area contributed by atoms with Gasteiger partial charge in [-0.05, 0) is 56.9 Å². The van der Waals surface area contributed by atoms with E-state index in [-0.39, 0.29) is 12.0 Å². The Labute approximate surface area is 196 Å². The maximum atomic E-state index is 12.4. The van der Waals surface area contributed by atoms with E-state index in [1.165, 1.54) is 6.26 Å². The van der Waals surface area contributed by atoms with Crippen molar-refractivity contribution >= 4 is 26.7 Å². The standard InChI is InChI=1S/C25H34N4O3S/c1-8-17-11-18-12-21-23(15(2)3)29(24-26-14-19(16(4)27-24)25(5,6)30)10-9-28(21)20(18)13-22(17)33(7,31)32/h11-15,23,30H,8-10H2,1-7H3. The maximum absolute atomic E-state index is 12.4. The first kappa shape index (κ1) is 23.7. The van der Waals surface area contributed by atoms with Crippen LogP contribution in [0.1, 0.15) is 63.2 Å². The lowest BCUT2D eigenvalue weighted by Gasteiger charge is -2.39. The van der Waals surface area contributed by atoms with Gasteiger partial charge in [-0.2, -0.15) is 0 Å². The minimum absolute atomic E-state index is 0.0466. The average molecular weight is 471 g/mol. The summed E-state index contributed by atoms with van der Waals surface area (Å²) < 4.78 is 27.1. The number of anilines is 1. The lowest BCUT2D eigenvalue weighted by Crippen LogP contribution is -2.41. The molecule has 0 bridgehead atoms. The molecule has 0 radical (unpaired) electrons. The van der Waals surface area contributed by atoms with E-state index in [1.807, 2.05) is 26.0 Å². The summed E-state index contributed by atoms with van der Waals surface area (Å²) in [5.41, 5.74) is 3.45. The summed E-state index contributed by atoms with van der Waals surface area (Å²) >= 11 is 0. The van der Waals surface area contributed by atoms with Crippen molar-refractivity contribution < 1.29 is 13.5 Å². The normalized spacial score (nSPS) is 17.1. The van der Waals surface area contributed by atoms with Gasteiger partial charge in [0.25, 0.3) is 0 Å². The zero-order valence-corrected chi connectivity index (χ0v) is 21.4. The Morgan fingerprint density at radius 3 is 2.45 bits per heavy atom. The van der Waals surface area contributed by atoms with Gasteiger partial charge in [-0.3, -0.25) is 0 Å². The second-order valence-electron chi connectivity index (χ2n) is 9.98. The number of fused-ring (bicyclic) bond motifs is 3. The van der Waals surface area contributed by atoms with Crippen molar-refractivity contribution in [1.82, 2.24) is 14.5 Å². The van der Waals surface area contributed by atoms with Crippen LogP contribution in [0.15, 0.2) is 29.3 Å². The molecule has 1 aliphatic heterocycles. The first-order valence-corrected chi connectivity index (χ1v) is 13.4. The van der Waals surface area contributed by atoms with Gasteiger partial charge in [0.05, 0.1) is 16.5 Å². The highest BCUT2D eigenvalue weighted by molar-refractivity contribution is 7.90. The molecule has 0 amide bonds. The molecule has 8 heteroatoms. The van der Waals surface area contributed by atoms with Crippen LogP contribution < -0.4 is 4.90 Å². The summed E-state index contributed by atoms with van der Waals surface area (Å²) in [5.74, 6) is 0.938. The average Bonchev–Trinajstić information content (AvgIpc) is 3.07. The fraction of sp³-hybridized carbons (Fsp3) is 0.520. The van der Waals surface area contributed by atoms with Crippen molar-refractivity contribution in [3.8, 4) is 0 Å². The third kappa shape index (κ3) is 4.15. The largest absolute Gasteiger partial charge is 0.386 e. The monoisotopic (exact) mass is 470 g/mol. The van der Waals surface area contributed by atoms with E-state index in [2.05, 4.69) is 34.4 Å². The Morgan fingerprint density at radius 2 is 1.91 bits per heavy atom. The number of rotatable bonds is 5. The van der Waals surface area contributed by atoms with Crippen LogP contribution in [-0.2, 0) is 28.4 Å². The Morgan fingerprint density at radius 1 is 1.21 bits per heavy atom. The molecule has 7 nitrogen and oxygen atoms in total. The van der Waals surface area contributed by atoms with E-state index >= 15 is 0 Å². The zero-order chi connectivity index (χ0) is 24.3. The summed E-state index contributed by atoms with van der Waals surface area (Å²) in [6.45, 7) is 13.2. The fourth-order valence-electron chi connectivity index (χ4n) is 5.10. The second-order valence-corrected chi connectivity index (χ2v) is 12.0. The molecule has 1 aromatic carbocycles. The molecule has 3 heterocycles. The Hall–Kier alpha value is -2.45. The quantitative estimate of drug-likeness (QED) is 0.603. The second kappa shape index (κ2) is 8.09. The number of benzene rings is 1. The number of nitrogens with zero attached hydrogens (tertiary/aromatic N) is 4. The van der Waals surface area contributed by atoms with Gasteiger partial charge in [-0.1, -0.05) is 20.8 Å². The Bertz CT molecular complexity index is 1320. The highest BCUT2D eigenvalue weighted by Gasteiger charge is 2.34. The Balaban J connectivity index is 1.85. The van der Waals surface area contributed by atoms with Crippen molar-refractivity contribution in [3.05, 3.63) is 46.9 Å². The van der Waals surface area contributed by atoms with Crippen molar-refractivity contribution in [2.24, 2.45) is 5.92 Å². The minimum Gasteiger partial charge on any atom is -0.386 e. The van der Waals surface area contributed by atoms with Crippen LogP contribution in [-0.4, -0.2) is 40.9 Å². The molecule has 1 unspecified atom stereocenters. The Kier molecular flexibility index (Phi) is 5.81. The van der Waals surface area contributed by atoms with Crippen LogP contribution >= 0.6 is 0 Å². The lowest BCUT2D eigenvalue weighted by atomic mass is 9.97. The van der Waals surface area contributed by atoms with E-state index in [9.17, 15) is 13.5 Å². The van der Waals surface area contributed by atoms with E-state index < -0.39 is 15.4 Å². The van der Waals surface area contributed by atoms with Gasteiger partial charge >= 0.3 is 0 Å². The van der Waals surface area contributed by atoms with Gasteiger partial charge in [-0.25, -0.2) is 18.4 Å². The van der Waals surface area contributed by atoms with Gasteiger partial charge in [-0.15, -0.1) is 0 Å². The van der Waals surface area contributed by atoms with E-state index in [1.54, 1.807) is 20.0 Å². The summed E-state index contributed by atoms with van der Waals surface area (Å²) in [6.07, 6.45) is 3.67. The summed E-state index contributed by atoms with van der Waals surface area (Å²) in [6, 6.07) is 6.11. The number of hydrogen-bond acceptors (Lipinski definition) is 6. The van der Waals surface area contributed by atoms with Gasteiger partial charge < -0.3 is 14.6 Å². The van der Waals surface area contributed by atoms with Gasteiger partial charge in [0.1, 0.15) is 0 Å².